The van der Waals surface area contributed by atoms with Crippen LogP contribution in [0.4, 0.5) is 13.2 Å². The van der Waals surface area contributed by atoms with E-state index in [0.29, 0.717) is 5.88 Å². The molecule has 0 aliphatic heterocycles. The highest BCUT2D eigenvalue weighted by Gasteiger charge is 2.30. The van der Waals surface area contributed by atoms with Gasteiger partial charge in [0, 0.05) is 17.8 Å². The average Bonchev–Trinajstić information content (AvgIpc) is 3.15. The van der Waals surface area contributed by atoms with E-state index >= 15 is 0 Å². The number of carbonyl (C=O) groups is 1. The van der Waals surface area contributed by atoms with Gasteiger partial charge in [0.05, 0.1) is 18.2 Å². The first kappa shape index (κ1) is 18.4. The van der Waals surface area contributed by atoms with Gasteiger partial charge in [-0.3, -0.25) is 0 Å². The first-order valence-electron chi connectivity index (χ1n) is 7.54. The van der Waals surface area contributed by atoms with Gasteiger partial charge >= 0.3 is 12.1 Å². The Kier molecular flexibility index (Phi) is 5.06. The molecule has 0 spiro atoms. The Hall–Kier alpha value is -3.43. The fourth-order valence-electron chi connectivity index (χ4n) is 2.10. The molecule has 3 aromatic rings. The summed E-state index contributed by atoms with van der Waals surface area (Å²) in [6.07, 6.45) is -3.20. The zero-order valence-corrected chi connectivity index (χ0v) is 13.9. The van der Waals surface area contributed by atoms with E-state index in [-0.39, 0.29) is 29.4 Å². The molecule has 0 unspecified atom stereocenters. The van der Waals surface area contributed by atoms with Gasteiger partial charge in [-0.05, 0) is 18.2 Å². The van der Waals surface area contributed by atoms with Crippen molar-refractivity contribution in [2.24, 2.45) is 0 Å². The normalized spacial score (nSPS) is 11.3. The average molecular weight is 379 g/mol. The van der Waals surface area contributed by atoms with Gasteiger partial charge in [-0.25, -0.2) is 9.78 Å². The summed E-state index contributed by atoms with van der Waals surface area (Å²) in [6, 6.07) is 7.47. The van der Waals surface area contributed by atoms with Crippen LogP contribution in [0, 0.1) is 0 Å². The zero-order chi connectivity index (χ0) is 19.4. The van der Waals surface area contributed by atoms with Crippen LogP contribution in [0.15, 0.2) is 47.1 Å². The highest BCUT2D eigenvalue weighted by atomic mass is 19.4. The van der Waals surface area contributed by atoms with Crippen molar-refractivity contribution < 1.29 is 32.0 Å². The Labute approximate surface area is 150 Å². The number of alkyl halides is 3. The minimum absolute atomic E-state index is 0.0433. The lowest BCUT2D eigenvalue weighted by atomic mass is 10.1. The maximum Gasteiger partial charge on any atom is 0.416 e. The van der Waals surface area contributed by atoms with E-state index in [9.17, 15) is 18.0 Å². The largest absolute Gasteiger partial charge is 0.481 e. The van der Waals surface area contributed by atoms with E-state index in [1.165, 1.54) is 37.6 Å². The Morgan fingerprint density at radius 1 is 1.22 bits per heavy atom. The molecule has 140 valence electrons. The number of methoxy groups -OCH3 is 1. The summed E-state index contributed by atoms with van der Waals surface area (Å²) in [4.78, 5) is 19.7. The van der Waals surface area contributed by atoms with Crippen LogP contribution in [-0.4, -0.2) is 28.2 Å². The lowest BCUT2D eigenvalue weighted by Gasteiger charge is -2.06. The molecule has 2 aromatic heterocycles. The number of carbonyl (C=O) groups excluding carboxylic acids is 1. The lowest BCUT2D eigenvalue weighted by molar-refractivity contribution is -0.137. The molecule has 0 saturated heterocycles. The van der Waals surface area contributed by atoms with Gasteiger partial charge in [0.15, 0.2) is 6.61 Å². The fraction of sp³-hybridized carbons (Fsp3) is 0.176. The van der Waals surface area contributed by atoms with Gasteiger partial charge < -0.3 is 14.0 Å². The second-order valence-electron chi connectivity index (χ2n) is 5.26. The van der Waals surface area contributed by atoms with Crippen LogP contribution in [0.1, 0.15) is 21.8 Å². The predicted octanol–water partition coefficient (Wildman–Crippen LogP) is 3.52. The number of rotatable bonds is 5. The van der Waals surface area contributed by atoms with Crippen LogP contribution in [0.3, 0.4) is 0 Å². The number of aromatic nitrogens is 3. The highest BCUT2D eigenvalue weighted by molar-refractivity contribution is 5.89. The van der Waals surface area contributed by atoms with Crippen molar-refractivity contribution in [3.05, 3.63) is 59.6 Å². The Morgan fingerprint density at radius 2 is 2.04 bits per heavy atom. The van der Waals surface area contributed by atoms with Gasteiger partial charge in [0.2, 0.25) is 11.7 Å². The van der Waals surface area contributed by atoms with Crippen LogP contribution in [0.5, 0.6) is 5.88 Å². The molecule has 3 rings (SSSR count). The molecule has 10 heteroatoms. The van der Waals surface area contributed by atoms with E-state index in [0.717, 1.165) is 12.1 Å². The van der Waals surface area contributed by atoms with Crippen molar-refractivity contribution in [1.82, 2.24) is 15.1 Å². The molecule has 2 heterocycles. The Bertz CT molecular complexity index is 939. The molecule has 0 radical (unpaired) electrons. The summed E-state index contributed by atoms with van der Waals surface area (Å²) in [7, 11) is 1.44. The standard InChI is InChI=1S/C17H12F3N3O4/c1-25-13-6-5-11(8-21-13)16(24)26-9-14-22-15(23-27-14)10-3-2-4-12(7-10)17(18,19)20/h2-8H,9H2,1H3. The van der Waals surface area contributed by atoms with Crippen molar-refractivity contribution in [3.63, 3.8) is 0 Å². The van der Waals surface area contributed by atoms with E-state index in [2.05, 4.69) is 15.1 Å². The van der Waals surface area contributed by atoms with Crippen molar-refractivity contribution in [2.45, 2.75) is 12.8 Å². The minimum atomic E-state index is -4.48. The van der Waals surface area contributed by atoms with Gasteiger partial charge in [-0.15, -0.1) is 0 Å². The molecule has 0 aliphatic rings. The number of ether oxygens (including phenoxy) is 2. The molecule has 0 atom stereocenters. The number of benzene rings is 1. The van der Waals surface area contributed by atoms with E-state index in [4.69, 9.17) is 14.0 Å². The van der Waals surface area contributed by atoms with Crippen LogP contribution in [0.25, 0.3) is 11.4 Å². The summed E-state index contributed by atoms with van der Waals surface area (Å²) < 4.78 is 53.1. The molecule has 0 aliphatic carbocycles. The molecule has 0 amide bonds. The fourth-order valence-corrected chi connectivity index (χ4v) is 2.10. The summed E-state index contributed by atoms with van der Waals surface area (Å²) >= 11 is 0. The predicted molar refractivity (Wildman–Crippen MR) is 84.6 cm³/mol. The molecule has 27 heavy (non-hydrogen) atoms. The summed E-state index contributed by atoms with van der Waals surface area (Å²) in [5, 5.41) is 3.61. The number of pyridine rings is 1. The third kappa shape index (κ3) is 4.40. The highest BCUT2D eigenvalue weighted by Crippen LogP contribution is 2.31. The molecule has 0 N–H and O–H groups in total. The second kappa shape index (κ2) is 7.44. The smallest absolute Gasteiger partial charge is 0.416 e. The minimum Gasteiger partial charge on any atom is -0.481 e. The van der Waals surface area contributed by atoms with Crippen LogP contribution < -0.4 is 4.74 Å². The second-order valence-corrected chi connectivity index (χ2v) is 5.26. The van der Waals surface area contributed by atoms with Gasteiger partial charge in [-0.1, -0.05) is 17.3 Å². The summed E-state index contributed by atoms with van der Waals surface area (Å²) in [6.45, 7) is -0.336. The monoisotopic (exact) mass is 379 g/mol. The van der Waals surface area contributed by atoms with Crippen molar-refractivity contribution >= 4 is 5.97 Å². The van der Waals surface area contributed by atoms with Gasteiger partial charge in [-0.2, -0.15) is 18.2 Å². The summed E-state index contributed by atoms with van der Waals surface area (Å²) in [5.41, 5.74) is -0.510. The lowest BCUT2D eigenvalue weighted by Crippen LogP contribution is -2.06. The van der Waals surface area contributed by atoms with E-state index in [1.54, 1.807) is 0 Å². The molecule has 0 bridgehead atoms. The van der Waals surface area contributed by atoms with E-state index < -0.39 is 17.7 Å². The van der Waals surface area contributed by atoms with Gasteiger partial charge in [0.1, 0.15) is 0 Å². The molecule has 0 fully saturated rings. The zero-order valence-electron chi connectivity index (χ0n) is 13.9. The van der Waals surface area contributed by atoms with Crippen molar-refractivity contribution in [3.8, 4) is 17.3 Å². The van der Waals surface area contributed by atoms with Crippen LogP contribution in [-0.2, 0) is 17.5 Å². The maximum absolute atomic E-state index is 12.8. The van der Waals surface area contributed by atoms with Crippen LogP contribution >= 0.6 is 0 Å². The number of hydrogen-bond acceptors (Lipinski definition) is 7. The van der Waals surface area contributed by atoms with Crippen molar-refractivity contribution in [2.75, 3.05) is 7.11 Å². The molecular formula is C17H12F3N3O4. The van der Waals surface area contributed by atoms with Gasteiger partial charge in [0.25, 0.3) is 5.89 Å². The summed E-state index contributed by atoms with van der Waals surface area (Å²) in [5.74, 6) is -0.436. The number of nitrogens with zero attached hydrogens (tertiary/aromatic N) is 3. The molecule has 7 nitrogen and oxygen atoms in total. The number of halogens is 3. The quantitative estimate of drug-likeness (QED) is 0.627. The Balaban J connectivity index is 1.66. The topological polar surface area (TPSA) is 87.3 Å². The maximum atomic E-state index is 12.8. The Morgan fingerprint density at radius 3 is 2.70 bits per heavy atom. The number of esters is 1. The molecule has 1 aromatic carbocycles. The van der Waals surface area contributed by atoms with Crippen LogP contribution in [0.2, 0.25) is 0 Å². The SMILES string of the molecule is COc1ccc(C(=O)OCc2nc(-c3cccc(C(F)(F)F)c3)no2)cn1. The molecule has 0 saturated carbocycles. The molecular weight excluding hydrogens is 367 g/mol. The first-order chi connectivity index (χ1) is 12.9. The van der Waals surface area contributed by atoms with E-state index in [1.807, 2.05) is 0 Å². The number of hydrogen-bond donors (Lipinski definition) is 0. The third-order valence-electron chi connectivity index (χ3n) is 3.42. The third-order valence-corrected chi connectivity index (χ3v) is 3.42. The first-order valence-corrected chi connectivity index (χ1v) is 7.54. The van der Waals surface area contributed by atoms with Crippen molar-refractivity contribution in [1.29, 1.82) is 0 Å².